The fourth-order valence-electron chi connectivity index (χ4n) is 1.11. The van der Waals surface area contributed by atoms with Crippen molar-refractivity contribution in [2.45, 2.75) is 13.5 Å². The van der Waals surface area contributed by atoms with Gasteiger partial charge < -0.3 is 0 Å². The van der Waals surface area contributed by atoms with E-state index in [4.69, 9.17) is 12.2 Å². The first kappa shape index (κ1) is 8.52. The molecule has 0 fully saturated rings. The first-order valence-corrected chi connectivity index (χ1v) is 5.01. The van der Waals surface area contributed by atoms with E-state index in [1.807, 2.05) is 11.5 Å². The Bertz CT molecular complexity index is 551. The Morgan fingerprint density at radius 1 is 1.85 bits per heavy atom. The predicted molar refractivity (Wildman–Crippen MR) is 50.4 cm³/mol. The van der Waals surface area contributed by atoms with E-state index in [0.29, 0.717) is 4.77 Å². The lowest BCUT2D eigenvalue weighted by Crippen LogP contribution is -2.41. The van der Waals surface area contributed by atoms with E-state index in [9.17, 15) is 4.79 Å². The molecule has 0 unspecified atom stereocenters. The van der Waals surface area contributed by atoms with E-state index >= 15 is 0 Å². The van der Waals surface area contributed by atoms with E-state index < -0.39 is 0 Å². The van der Waals surface area contributed by atoms with Gasteiger partial charge in [-0.25, -0.2) is 9.36 Å². The Balaban J connectivity index is 3.06. The molecule has 7 heteroatoms. The monoisotopic (exact) mass is 215 g/mol. The normalized spacial score (nSPS) is 10.8. The molecule has 0 atom stereocenters. The molecule has 5 nitrogen and oxygen atoms in total. The van der Waals surface area contributed by atoms with E-state index in [1.54, 1.807) is 5.51 Å². The van der Waals surface area contributed by atoms with Crippen LogP contribution in [0.2, 0.25) is 0 Å². The molecule has 0 radical (unpaired) electrons. The summed E-state index contributed by atoms with van der Waals surface area (Å²) in [5.41, 5.74) is 1.33. The third kappa shape index (κ3) is 1.20. The van der Waals surface area contributed by atoms with Crippen LogP contribution in [-0.2, 0) is 6.54 Å². The van der Waals surface area contributed by atoms with Crippen molar-refractivity contribution in [2.75, 3.05) is 0 Å². The zero-order valence-electron chi connectivity index (χ0n) is 6.85. The molecule has 13 heavy (non-hydrogen) atoms. The summed E-state index contributed by atoms with van der Waals surface area (Å²) in [6.07, 6.45) is 0. The summed E-state index contributed by atoms with van der Waals surface area (Å²) in [7, 11) is 0. The summed E-state index contributed by atoms with van der Waals surface area (Å²) in [5.74, 6) is 0. The van der Waals surface area contributed by atoms with Crippen LogP contribution in [0.4, 0.5) is 0 Å². The first-order chi connectivity index (χ1) is 6.24. The molecular formula is C6H7N4OS2+. The zero-order valence-corrected chi connectivity index (χ0v) is 8.48. The molecule has 0 aliphatic heterocycles. The Morgan fingerprint density at radius 2 is 2.62 bits per heavy atom. The summed E-state index contributed by atoms with van der Waals surface area (Å²) in [6.45, 7) is 2.69. The third-order valence-corrected chi connectivity index (χ3v) is 2.83. The number of nitrogens with zero attached hydrogens (tertiary/aromatic N) is 3. The highest BCUT2D eigenvalue weighted by molar-refractivity contribution is 7.71. The molecule has 0 spiro atoms. The second kappa shape index (κ2) is 3.00. The smallest absolute Gasteiger partial charge is 0.211 e. The van der Waals surface area contributed by atoms with Crippen molar-refractivity contribution < 1.29 is 4.57 Å². The number of rotatable bonds is 1. The SMILES string of the molecule is CC[n+]1c(=S)[nH]c(=O)n2ncsc21. The number of aryl methyl sites for hydroxylation is 1. The van der Waals surface area contributed by atoms with Gasteiger partial charge in [0.05, 0.1) is 6.54 Å². The summed E-state index contributed by atoms with van der Waals surface area (Å²) in [4.78, 5) is 14.6. The van der Waals surface area contributed by atoms with Crippen molar-refractivity contribution in [1.82, 2.24) is 14.6 Å². The highest BCUT2D eigenvalue weighted by Gasteiger charge is 2.12. The van der Waals surface area contributed by atoms with Gasteiger partial charge in [0, 0.05) is 0 Å². The van der Waals surface area contributed by atoms with Gasteiger partial charge in [0.2, 0.25) is 0 Å². The maximum Gasteiger partial charge on any atom is 0.469 e. The van der Waals surface area contributed by atoms with Crippen LogP contribution in [0.3, 0.4) is 0 Å². The van der Waals surface area contributed by atoms with Gasteiger partial charge in [-0.2, -0.15) is 4.98 Å². The predicted octanol–water partition coefficient (Wildman–Crippen LogP) is 0.121. The number of aromatic amines is 1. The molecule has 0 saturated heterocycles. The molecule has 2 heterocycles. The van der Waals surface area contributed by atoms with Crippen molar-refractivity contribution in [1.29, 1.82) is 0 Å². The Kier molecular flexibility index (Phi) is 1.97. The van der Waals surface area contributed by atoms with Crippen LogP contribution in [0.1, 0.15) is 6.92 Å². The van der Waals surface area contributed by atoms with Gasteiger partial charge in [-0.15, -0.1) is 0 Å². The molecule has 0 aliphatic rings. The lowest BCUT2D eigenvalue weighted by Gasteiger charge is -1.94. The molecule has 2 aromatic heterocycles. The standard InChI is InChI=1S/C6H6N4OS2/c1-2-9-5(12)8-4(11)10-6(9)13-3-7-10/h3H,2H2,1H3/p+1. The molecule has 2 rings (SSSR count). The minimum Gasteiger partial charge on any atom is -0.211 e. The Labute approximate surface area is 82.3 Å². The van der Waals surface area contributed by atoms with Crippen LogP contribution in [-0.4, -0.2) is 14.6 Å². The van der Waals surface area contributed by atoms with Crippen molar-refractivity contribution in [2.24, 2.45) is 0 Å². The van der Waals surface area contributed by atoms with Gasteiger partial charge in [0.15, 0.2) is 0 Å². The molecule has 1 N–H and O–H groups in total. The topological polar surface area (TPSA) is 54.0 Å². The fourth-order valence-corrected chi connectivity index (χ4v) is 2.29. The van der Waals surface area contributed by atoms with Gasteiger partial charge in [0.1, 0.15) is 5.51 Å². The lowest BCUT2D eigenvalue weighted by molar-refractivity contribution is -0.679. The highest BCUT2D eigenvalue weighted by Crippen LogP contribution is 1.98. The van der Waals surface area contributed by atoms with Crippen molar-refractivity contribution in [3.8, 4) is 0 Å². The van der Waals surface area contributed by atoms with E-state index in [1.165, 1.54) is 15.9 Å². The van der Waals surface area contributed by atoms with Gasteiger partial charge in [-0.05, 0) is 30.5 Å². The van der Waals surface area contributed by atoms with E-state index in [-0.39, 0.29) is 5.69 Å². The molecular weight excluding hydrogens is 208 g/mol. The van der Waals surface area contributed by atoms with Gasteiger partial charge in [-0.1, -0.05) is 9.61 Å². The average molecular weight is 215 g/mol. The van der Waals surface area contributed by atoms with Crippen LogP contribution in [0.5, 0.6) is 0 Å². The minimum atomic E-state index is -0.286. The van der Waals surface area contributed by atoms with Crippen molar-refractivity contribution in [3.63, 3.8) is 0 Å². The van der Waals surface area contributed by atoms with Crippen molar-refractivity contribution in [3.05, 3.63) is 20.8 Å². The second-order valence-corrected chi connectivity index (χ2v) is 3.61. The van der Waals surface area contributed by atoms with Crippen LogP contribution >= 0.6 is 23.6 Å². The molecule has 0 bridgehead atoms. The third-order valence-electron chi connectivity index (χ3n) is 1.70. The average Bonchev–Trinajstić information content (AvgIpc) is 2.53. The number of nitrogens with one attached hydrogen (secondary N) is 1. The van der Waals surface area contributed by atoms with Gasteiger partial charge in [-0.3, -0.25) is 0 Å². The quantitative estimate of drug-likeness (QED) is 0.543. The number of H-pyrrole nitrogens is 1. The molecule has 0 amide bonds. The summed E-state index contributed by atoms with van der Waals surface area (Å²) in [5, 5.41) is 3.89. The second-order valence-electron chi connectivity index (χ2n) is 2.41. The van der Waals surface area contributed by atoms with E-state index in [2.05, 4.69) is 10.1 Å². The maximum atomic E-state index is 11.3. The van der Waals surface area contributed by atoms with Gasteiger partial charge >= 0.3 is 15.4 Å². The van der Waals surface area contributed by atoms with Crippen LogP contribution < -0.4 is 10.3 Å². The lowest BCUT2D eigenvalue weighted by atomic mass is 10.7. The highest BCUT2D eigenvalue weighted by atomic mass is 32.1. The molecule has 0 aromatic carbocycles. The van der Waals surface area contributed by atoms with Gasteiger partial charge in [0.25, 0.3) is 0 Å². The molecule has 68 valence electrons. The van der Waals surface area contributed by atoms with Crippen LogP contribution in [0.25, 0.3) is 4.96 Å². The number of hydrogen-bond acceptors (Lipinski definition) is 4. The number of aromatic nitrogens is 4. The number of hydrogen-bond donors (Lipinski definition) is 1. The maximum absolute atomic E-state index is 11.3. The number of fused-ring (bicyclic) bond motifs is 1. The fraction of sp³-hybridized carbons (Fsp3) is 0.333. The van der Waals surface area contributed by atoms with Crippen LogP contribution in [0.15, 0.2) is 10.3 Å². The summed E-state index contributed by atoms with van der Waals surface area (Å²) in [6, 6.07) is 0. The minimum absolute atomic E-state index is 0.286. The molecule has 2 aromatic rings. The van der Waals surface area contributed by atoms with E-state index in [0.717, 1.165) is 11.5 Å². The Hall–Kier alpha value is -1.08. The largest absolute Gasteiger partial charge is 0.469 e. The zero-order chi connectivity index (χ0) is 9.42. The first-order valence-electron chi connectivity index (χ1n) is 3.72. The molecule has 0 aliphatic carbocycles. The van der Waals surface area contributed by atoms with Crippen molar-refractivity contribution >= 4 is 28.5 Å². The molecule has 0 saturated carbocycles. The summed E-state index contributed by atoms with van der Waals surface area (Å²) >= 11 is 6.40. The summed E-state index contributed by atoms with van der Waals surface area (Å²) < 4.78 is 3.58. The Morgan fingerprint density at radius 3 is 3.31 bits per heavy atom. The van der Waals surface area contributed by atoms with Crippen LogP contribution in [0, 0.1) is 4.77 Å².